The van der Waals surface area contributed by atoms with E-state index in [-0.39, 0.29) is 149 Å². The van der Waals surface area contributed by atoms with Crippen LogP contribution in [0, 0.1) is 83.8 Å². The van der Waals surface area contributed by atoms with Crippen molar-refractivity contribution in [2.45, 2.75) is 0 Å². The van der Waals surface area contributed by atoms with Crippen LogP contribution in [0.2, 0.25) is 0 Å². The van der Waals surface area contributed by atoms with Gasteiger partial charge in [-0.15, -0.1) is 0 Å². The third-order valence-corrected chi connectivity index (χ3v) is 0. The van der Waals surface area contributed by atoms with Crippen molar-refractivity contribution in [3.63, 3.8) is 0 Å². The Morgan fingerprint density at radius 3 is 0.750 bits per heavy atom. The molecule has 3 radical (unpaired) electrons. The molecule has 4 heteroatoms. The zero-order valence-electron chi connectivity index (χ0n) is 1.68. The summed E-state index contributed by atoms with van der Waals surface area (Å²) in [5.41, 5.74) is 0. The molecule has 0 rings (SSSR count). The first kappa shape index (κ1) is 23.1. The van der Waals surface area contributed by atoms with Crippen molar-refractivity contribution in [3.8, 4) is 0 Å². The van der Waals surface area contributed by atoms with Gasteiger partial charge in [0, 0.05) is 149 Å². The largest absolute Gasteiger partial charge is 0 e. The molecule has 0 aromatic carbocycles. The van der Waals surface area contributed by atoms with Crippen LogP contribution in [0.3, 0.4) is 0 Å². The molecule has 0 aliphatic rings. The molecule has 0 unspecified atom stereocenters. The average Bonchev–Trinajstić information content (AvgIpc) is 0. The summed E-state index contributed by atoms with van der Waals surface area (Å²) in [7, 11) is 0. The van der Waals surface area contributed by atoms with Gasteiger partial charge in [0.25, 0.3) is 0 Å². The van der Waals surface area contributed by atoms with Crippen LogP contribution in [0.1, 0.15) is 0 Å². The molecule has 0 saturated heterocycles. The monoisotopic (exact) mass is 527 g/mol. The van der Waals surface area contributed by atoms with Crippen LogP contribution in [0.25, 0.3) is 0 Å². The molecule has 4 heavy (non-hydrogen) atoms. The van der Waals surface area contributed by atoms with Gasteiger partial charge in [-0.25, -0.2) is 0 Å². The standard InChI is InChI=1S/Lu.2Y.Yb. The summed E-state index contributed by atoms with van der Waals surface area (Å²) < 4.78 is 0. The molecule has 35 valence electrons. The minimum Gasteiger partial charge on any atom is 0 e. The molecule has 0 fully saturated rings. The Bertz CT molecular complexity index is 6.00. The van der Waals surface area contributed by atoms with Gasteiger partial charge >= 0.3 is 0 Å². The van der Waals surface area contributed by atoms with Gasteiger partial charge in [-0.1, -0.05) is 0 Å². The Balaban J connectivity index is 0. The first-order valence-electron chi connectivity index (χ1n) is 0. The number of rotatable bonds is 0. The minimum absolute atomic E-state index is 0. The second kappa shape index (κ2) is 15.7. The molecule has 0 amide bonds. The quantitative estimate of drug-likeness (QED) is 0.418. The van der Waals surface area contributed by atoms with E-state index >= 15 is 0 Å². The summed E-state index contributed by atoms with van der Waals surface area (Å²) in [6.45, 7) is 0. The van der Waals surface area contributed by atoms with Gasteiger partial charge in [-0.3, -0.25) is 0 Å². The fraction of sp³-hybridized carbons (Fsp3) is 0. The van der Waals surface area contributed by atoms with Gasteiger partial charge in [0.05, 0.1) is 0 Å². The van der Waals surface area contributed by atoms with E-state index in [1.165, 1.54) is 0 Å². The molecule has 0 bridgehead atoms. The van der Waals surface area contributed by atoms with E-state index in [0.29, 0.717) is 0 Å². The van der Waals surface area contributed by atoms with Crippen LogP contribution in [-0.4, -0.2) is 0 Å². The van der Waals surface area contributed by atoms with Crippen molar-refractivity contribution in [2.24, 2.45) is 0 Å². The van der Waals surface area contributed by atoms with Crippen LogP contribution in [0.15, 0.2) is 0 Å². The van der Waals surface area contributed by atoms with E-state index in [1.54, 1.807) is 0 Å². The van der Waals surface area contributed by atoms with Crippen molar-refractivity contribution in [2.75, 3.05) is 0 Å². The molecule has 0 heterocycles. The SMILES string of the molecule is [Lu].[Y].[Y].[Yb]. The Kier molecular flexibility index (Phi) is 90.4. The van der Waals surface area contributed by atoms with Crippen molar-refractivity contribution in [1.29, 1.82) is 0 Å². The molecule has 0 nitrogen and oxygen atoms in total. The fourth-order valence-electron chi connectivity index (χ4n) is 0. The average molecular weight is 526 g/mol. The Morgan fingerprint density at radius 2 is 0.750 bits per heavy atom. The van der Waals surface area contributed by atoms with Crippen molar-refractivity contribution >= 4 is 0 Å². The minimum atomic E-state index is 0. The van der Waals surface area contributed by atoms with Crippen LogP contribution in [0.4, 0.5) is 0 Å². The summed E-state index contributed by atoms with van der Waals surface area (Å²) in [5, 5.41) is 0. The summed E-state index contributed by atoms with van der Waals surface area (Å²) >= 11 is 0. The first-order valence-corrected chi connectivity index (χ1v) is 0. The summed E-state index contributed by atoms with van der Waals surface area (Å²) in [6, 6.07) is 0. The zero-order chi connectivity index (χ0) is 0. The summed E-state index contributed by atoms with van der Waals surface area (Å²) in [4.78, 5) is 0. The second-order valence-corrected chi connectivity index (χ2v) is 0. The van der Waals surface area contributed by atoms with E-state index in [2.05, 4.69) is 0 Å². The Hall–Kier alpha value is 4.96. The smallest absolute Gasteiger partial charge is 0 e. The van der Waals surface area contributed by atoms with Crippen molar-refractivity contribution in [3.05, 3.63) is 0 Å². The Labute approximate surface area is 144 Å². The third-order valence-electron chi connectivity index (χ3n) is 0. The summed E-state index contributed by atoms with van der Waals surface area (Å²) in [6.07, 6.45) is 0. The Morgan fingerprint density at radius 1 is 0.750 bits per heavy atom. The van der Waals surface area contributed by atoms with Gasteiger partial charge in [-0.05, 0) is 0 Å². The van der Waals surface area contributed by atoms with Gasteiger partial charge in [0.15, 0.2) is 0 Å². The molecule has 0 N–H and O–H groups in total. The van der Waals surface area contributed by atoms with Crippen LogP contribution < -0.4 is 0 Å². The molecule has 0 aliphatic carbocycles. The predicted octanol–water partition coefficient (Wildman–Crippen LogP) is -0.00500. The van der Waals surface area contributed by atoms with E-state index in [0.717, 1.165) is 0 Å². The second-order valence-electron chi connectivity index (χ2n) is 0. The number of hydrogen-bond acceptors (Lipinski definition) is 0. The van der Waals surface area contributed by atoms with Gasteiger partial charge in [0.2, 0.25) is 0 Å². The fourth-order valence-corrected chi connectivity index (χ4v) is 0. The van der Waals surface area contributed by atoms with Gasteiger partial charge in [0.1, 0.15) is 0 Å². The molecular weight excluding hydrogens is 526 g/mol. The third kappa shape index (κ3) is 10.1. The molecule has 0 spiro atoms. The van der Waals surface area contributed by atoms with E-state index in [1.807, 2.05) is 0 Å². The van der Waals surface area contributed by atoms with Crippen molar-refractivity contribution in [1.82, 2.24) is 0 Å². The molecule has 0 aromatic rings. The molecular formula is LuY2Yb. The summed E-state index contributed by atoms with van der Waals surface area (Å²) in [5.74, 6) is 0. The molecule has 0 atom stereocenters. The van der Waals surface area contributed by atoms with Crippen LogP contribution >= 0.6 is 0 Å². The maximum atomic E-state index is 0. The van der Waals surface area contributed by atoms with E-state index in [9.17, 15) is 0 Å². The first-order chi connectivity index (χ1) is 0. The van der Waals surface area contributed by atoms with E-state index < -0.39 is 0 Å². The van der Waals surface area contributed by atoms with Crippen LogP contribution in [0.5, 0.6) is 0 Å². The number of hydrogen-bond donors (Lipinski definition) is 0. The zero-order valence-corrected chi connectivity index (χ0v) is 10.7. The predicted molar refractivity (Wildman–Crippen MR) is 0 cm³/mol. The van der Waals surface area contributed by atoms with Crippen LogP contribution in [-0.2, 0) is 65.4 Å². The molecule has 0 saturated carbocycles. The molecule has 0 aromatic heterocycles. The van der Waals surface area contributed by atoms with Gasteiger partial charge < -0.3 is 0 Å². The van der Waals surface area contributed by atoms with Gasteiger partial charge in [-0.2, -0.15) is 0 Å². The molecule has 0 aliphatic heterocycles. The topological polar surface area (TPSA) is 0 Å². The normalized spacial score (nSPS) is 0. The van der Waals surface area contributed by atoms with E-state index in [4.69, 9.17) is 0 Å². The van der Waals surface area contributed by atoms with Crippen molar-refractivity contribution < 1.29 is 149 Å². The maximum Gasteiger partial charge on any atom is 0 e. The maximum absolute atomic E-state index is 0.